The van der Waals surface area contributed by atoms with E-state index < -0.39 is 0 Å². The highest BCUT2D eigenvalue weighted by atomic mass is 16.5. The van der Waals surface area contributed by atoms with Crippen LogP contribution in [-0.2, 0) is 0 Å². The van der Waals surface area contributed by atoms with Crippen LogP contribution in [0.5, 0.6) is 0 Å². The molecule has 0 aromatic heterocycles. The third-order valence-electron chi connectivity index (χ3n) is 1.34. The van der Waals surface area contributed by atoms with Crippen molar-refractivity contribution in [2.24, 2.45) is 5.92 Å². The molecule has 0 spiro atoms. The molecule has 0 aliphatic carbocycles. The molecule has 0 aliphatic heterocycles. The van der Waals surface area contributed by atoms with Crippen molar-refractivity contribution in [1.29, 1.82) is 0 Å². The first kappa shape index (κ1) is 8.66. The lowest BCUT2D eigenvalue weighted by molar-refractivity contribution is 0.120. The molecule has 0 saturated heterocycles. The number of hydrogen-bond donors (Lipinski definition) is 2. The van der Waals surface area contributed by atoms with Gasteiger partial charge in [-0.3, -0.25) is 0 Å². The number of rotatable bonds is 3. The molecule has 0 amide bonds. The molecule has 0 saturated carbocycles. The molecule has 0 radical (unpaired) electrons. The summed E-state index contributed by atoms with van der Waals surface area (Å²) in [5.41, 5.74) is 3.17. The van der Waals surface area contributed by atoms with E-state index in [1.165, 1.54) is 0 Å². The van der Waals surface area contributed by atoms with Crippen molar-refractivity contribution in [3.05, 3.63) is 12.2 Å². The molecule has 0 aromatic rings. The highest BCUT2D eigenvalue weighted by molar-refractivity contribution is 5.01. The molecule has 0 aliphatic rings. The van der Waals surface area contributed by atoms with Crippen LogP contribution in [0.1, 0.15) is 20.8 Å². The van der Waals surface area contributed by atoms with E-state index in [1.807, 2.05) is 20.8 Å². The average Bonchev–Trinajstić information content (AvgIpc) is 1.64. The normalized spacial score (nSPS) is 13.9. The molecule has 2 N–H and O–H groups in total. The topological polar surface area (TPSA) is 32.3 Å². The van der Waals surface area contributed by atoms with Gasteiger partial charge < -0.3 is 5.21 Å². The molecule has 0 heterocycles. The summed E-state index contributed by atoms with van der Waals surface area (Å²) in [6.07, 6.45) is 0. The smallest absolute Gasteiger partial charge is 0.0546 e. The third kappa shape index (κ3) is 2.63. The Hall–Kier alpha value is -0.340. The van der Waals surface area contributed by atoms with Gasteiger partial charge in [-0.2, -0.15) is 5.48 Å². The number of nitrogens with one attached hydrogen (secondary N) is 1. The molecule has 0 fully saturated rings. The van der Waals surface area contributed by atoms with Gasteiger partial charge in [-0.05, 0) is 12.8 Å². The van der Waals surface area contributed by atoms with E-state index in [1.54, 1.807) is 0 Å². The lowest BCUT2D eigenvalue weighted by Crippen LogP contribution is -2.31. The van der Waals surface area contributed by atoms with Gasteiger partial charge >= 0.3 is 0 Å². The Morgan fingerprint density at radius 2 is 2.00 bits per heavy atom. The van der Waals surface area contributed by atoms with E-state index in [0.29, 0.717) is 5.92 Å². The maximum Gasteiger partial charge on any atom is 0.0546 e. The van der Waals surface area contributed by atoms with Gasteiger partial charge in [-0.15, -0.1) is 0 Å². The van der Waals surface area contributed by atoms with Gasteiger partial charge in [-0.25, -0.2) is 0 Å². The Morgan fingerprint density at radius 3 is 2.00 bits per heavy atom. The molecule has 54 valence electrons. The Kier molecular flexibility index (Phi) is 3.50. The highest BCUT2D eigenvalue weighted by Gasteiger charge is 2.10. The Morgan fingerprint density at radius 1 is 1.56 bits per heavy atom. The Balaban J connectivity index is 3.83. The van der Waals surface area contributed by atoms with Gasteiger partial charge in [0.1, 0.15) is 0 Å². The molecule has 0 rings (SSSR count). The van der Waals surface area contributed by atoms with Crippen molar-refractivity contribution in [2.75, 3.05) is 0 Å². The van der Waals surface area contributed by atoms with Crippen LogP contribution < -0.4 is 5.48 Å². The van der Waals surface area contributed by atoms with Crippen molar-refractivity contribution in [2.45, 2.75) is 26.8 Å². The van der Waals surface area contributed by atoms with Gasteiger partial charge in [0.15, 0.2) is 0 Å². The van der Waals surface area contributed by atoms with Gasteiger partial charge in [0.05, 0.1) is 6.04 Å². The van der Waals surface area contributed by atoms with Crippen molar-refractivity contribution in [3.63, 3.8) is 0 Å². The fraction of sp³-hybridized carbons (Fsp3) is 0.714. The minimum absolute atomic E-state index is 0.0324. The zero-order valence-electron chi connectivity index (χ0n) is 6.31. The van der Waals surface area contributed by atoms with Gasteiger partial charge in [0.2, 0.25) is 0 Å². The maximum atomic E-state index is 8.56. The number of hydroxylamine groups is 1. The molecule has 2 heteroatoms. The second kappa shape index (κ2) is 3.64. The third-order valence-corrected chi connectivity index (χ3v) is 1.34. The van der Waals surface area contributed by atoms with Crippen LogP contribution in [0.4, 0.5) is 0 Å². The molecule has 1 atom stereocenters. The highest BCUT2D eigenvalue weighted by Crippen LogP contribution is 2.07. The second-order valence-electron chi connectivity index (χ2n) is 2.70. The summed E-state index contributed by atoms with van der Waals surface area (Å²) >= 11 is 0. The van der Waals surface area contributed by atoms with E-state index in [4.69, 9.17) is 5.21 Å². The maximum absolute atomic E-state index is 8.56. The van der Waals surface area contributed by atoms with Crippen LogP contribution >= 0.6 is 0 Å². The summed E-state index contributed by atoms with van der Waals surface area (Å²) in [5.74, 6) is 0.396. The standard InChI is InChI=1S/C7H15NO/c1-5(2)7(8-9)6(3)4/h6-9H,1H2,2-4H3/t7-/m1/s1. The molecule has 0 unspecified atom stereocenters. The Bertz CT molecular complexity index is 99.1. The minimum atomic E-state index is 0.0324. The monoisotopic (exact) mass is 129 g/mol. The number of hydrogen-bond acceptors (Lipinski definition) is 2. The lowest BCUT2D eigenvalue weighted by atomic mass is 9.99. The molecule has 2 nitrogen and oxygen atoms in total. The predicted molar refractivity (Wildman–Crippen MR) is 38.4 cm³/mol. The van der Waals surface area contributed by atoms with Crippen LogP contribution in [0.2, 0.25) is 0 Å². The van der Waals surface area contributed by atoms with Gasteiger partial charge in [-0.1, -0.05) is 26.0 Å². The van der Waals surface area contributed by atoms with E-state index in [2.05, 4.69) is 12.1 Å². The van der Waals surface area contributed by atoms with Crippen LogP contribution in [0.15, 0.2) is 12.2 Å². The molecular formula is C7H15NO. The summed E-state index contributed by atoms with van der Waals surface area (Å²) in [7, 11) is 0. The van der Waals surface area contributed by atoms with Crippen molar-refractivity contribution < 1.29 is 5.21 Å². The fourth-order valence-electron chi connectivity index (χ4n) is 0.828. The lowest BCUT2D eigenvalue weighted by Gasteiger charge is -2.18. The summed E-state index contributed by atoms with van der Waals surface area (Å²) in [4.78, 5) is 0. The molecule has 9 heavy (non-hydrogen) atoms. The molecule has 0 bridgehead atoms. The summed E-state index contributed by atoms with van der Waals surface area (Å²) in [5, 5.41) is 8.56. The minimum Gasteiger partial charge on any atom is -0.316 e. The van der Waals surface area contributed by atoms with Crippen LogP contribution in [0, 0.1) is 5.92 Å². The Labute approximate surface area is 56.5 Å². The largest absolute Gasteiger partial charge is 0.316 e. The zero-order chi connectivity index (χ0) is 7.44. The van der Waals surface area contributed by atoms with E-state index in [-0.39, 0.29) is 6.04 Å². The van der Waals surface area contributed by atoms with E-state index in [0.717, 1.165) is 5.57 Å². The SMILES string of the molecule is C=C(C)[C@@H](NO)C(C)C. The van der Waals surface area contributed by atoms with Crippen LogP contribution in [-0.4, -0.2) is 11.2 Å². The summed E-state index contributed by atoms with van der Waals surface area (Å²) in [6.45, 7) is 9.68. The van der Waals surface area contributed by atoms with Crippen molar-refractivity contribution >= 4 is 0 Å². The first-order valence-electron chi connectivity index (χ1n) is 3.14. The second-order valence-corrected chi connectivity index (χ2v) is 2.70. The van der Waals surface area contributed by atoms with Gasteiger partial charge in [0.25, 0.3) is 0 Å². The predicted octanol–water partition coefficient (Wildman–Crippen LogP) is 1.57. The molecular weight excluding hydrogens is 114 g/mol. The molecule has 0 aromatic carbocycles. The van der Waals surface area contributed by atoms with E-state index in [9.17, 15) is 0 Å². The quantitative estimate of drug-likeness (QED) is 0.448. The first-order chi connectivity index (χ1) is 4.09. The fourth-order valence-corrected chi connectivity index (χ4v) is 0.828. The average molecular weight is 129 g/mol. The zero-order valence-corrected chi connectivity index (χ0v) is 6.31. The van der Waals surface area contributed by atoms with E-state index >= 15 is 0 Å². The van der Waals surface area contributed by atoms with Crippen molar-refractivity contribution in [3.8, 4) is 0 Å². The summed E-state index contributed by atoms with van der Waals surface area (Å²) in [6, 6.07) is 0.0324. The summed E-state index contributed by atoms with van der Waals surface area (Å²) < 4.78 is 0. The van der Waals surface area contributed by atoms with Crippen molar-refractivity contribution in [1.82, 2.24) is 5.48 Å². The first-order valence-corrected chi connectivity index (χ1v) is 3.14. The van der Waals surface area contributed by atoms with Crippen LogP contribution in [0.25, 0.3) is 0 Å². The van der Waals surface area contributed by atoms with Crippen LogP contribution in [0.3, 0.4) is 0 Å². The van der Waals surface area contributed by atoms with Gasteiger partial charge in [0, 0.05) is 0 Å².